The van der Waals surface area contributed by atoms with Gasteiger partial charge in [-0.15, -0.1) is 0 Å². The molecule has 2 N–H and O–H groups in total. The van der Waals surface area contributed by atoms with E-state index >= 15 is 0 Å². The van der Waals surface area contributed by atoms with Crippen molar-refractivity contribution in [3.8, 4) is 0 Å². The van der Waals surface area contributed by atoms with Crippen LogP contribution in [0.5, 0.6) is 0 Å². The molecular weight excluding hydrogens is 242 g/mol. The highest BCUT2D eigenvalue weighted by atomic mass is 16.5. The predicted molar refractivity (Wildman–Crippen MR) is 77.2 cm³/mol. The molecule has 1 saturated heterocycles. The second kappa shape index (κ2) is 7.82. The maximum absolute atomic E-state index is 12.3. The first-order valence-electron chi connectivity index (χ1n) is 7.24. The number of amides is 1. The molecule has 0 radical (unpaired) electrons. The van der Waals surface area contributed by atoms with Crippen molar-refractivity contribution in [2.75, 3.05) is 46.9 Å². The van der Waals surface area contributed by atoms with E-state index in [1.54, 1.807) is 7.11 Å². The van der Waals surface area contributed by atoms with Gasteiger partial charge in [-0.25, -0.2) is 0 Å². The van der Waals surface area contributed by atoms with Crippen molar-refractivity contribution in [3.05, 3.63) is 0 Å². The number of nitrogens with one attached hydrogen (secondary N) is 2. The molecule has 1 heterocycles. The second-order valence-electron chi connectivity index (χ2n) is 5.63. The molecule has 2 atom stereocenters. The number of hydrogen-bond acceptors (Lipinski definition) is 4. The van der Waals surface area contributed by atoms with Gasteiger partial charge in [-0.1, -0.05) is 6.92 Å². The molecule has 0 aliphatic carbocycles. The molecule has 0 aromatic rings. The number of carbonyl (C=O) groups is 1. The van der Waals surface area contributed by atoms with Crippen LogP contribution in [0.1, 0.15) is 26.7 Å². The maximum Gasteiger partial charge on any atom is 0.229 e. The topological polar surface area (TPSA) is 53.6 Å². The minimum absolute atomic E-state index is 0.122. The Morgan fingerprint density at radius 1 is 1.58 bits per heavy atom. The first-order valence-corrected chi connectivity index (χ1v) is 7.24. The van der Waals surface area contributed by atoms with Crippen LogP contribution in [0, 0.1) is 5.41 Å². The molecule has 19 heavy (non-hydrogen) atoms. The summed E-state index contributed by atoms with van der Waals surface area (Å²) in [5, 5.41) is 6.31. The molecular formula is C14H29N3O2. The van der Waals surface area contributed by atoms with Crippen molar-refractivity contribution in [1.82, 2.24) is 15.5 Å². The lowest BCUT2D eigenvalue weighted by Crippen LogP contribution is -2.47. The second-order valence-corrected chi connectivity index (χ2v) is 5.63. The first-order chi connectivity index (χ1) is 9.05. The Labute approximate surface area is 117 Å². The molecule has 1 amide bonds. The molecule has 0 aromatic carbocycles. The summed E-state index contributed by atoms with van der Waals surface area (Å²) in [7, 11) is 3.76. The van der Waals surface area contributed by atoms with Crippen LogP contribution < -0.4 is 10.6 Å². The van der Waals surface area contributed by atoms with Crippen molar-refractivity contribution in [2.45, 2.75) is 32.7 Å². The minimum Gasteiger partial charge on any atom is -0.384 e. The molecule has 1 aliphatic rings. The summed E-state index contributed by atoms with van der Waals surface area (Å²) >= 11 is 0. The highest BCUT2D eigenvalue weighted by Gasteiger charge is 2.41. The van der Waals surface area contributed by atoms with Gasteiger partial charge >= 0.3 is 0 Å². The van der Waals surface area contributed by atoms with Crippen molar-refractivity contribution >= 4 is 5.91 Å². The van der Waals surface area contributed by atoms with Crippen LogP contribution in [0.25, 0.3) is 0 Å². The summed E-state index contributed by atoms with van der Waals surface area (Å²) in [6.07, 6.45) is 1.98. The zero-order chi connectivity index (χ0) is 14.3. The average Bonchev–Trinajstić information content (AvgIpc) is 2.87. The summed E-state index contributed by atoms with van der Waals surface area (Å²) in [6, 6.07) is 0.554. The first kappa shape index (κ1) is 16.4. The molecule has 5 nitrogen and oxygen atoms in total. The lowest BCUT2D eigenvalue weighted by molar-refractivity contribution is -0.133. The van der Waals surface area contributed by atoms with Gasteiger partial charge in [0.1, 0.15) is 0 Å². The summed E-state index contributed by atoms with van der Waals surface area (Å²) in [5.41, 5.74) is -0.371. The van der Waals surface area contributed by atoms with E-state index < -0.39 is 0 Å². The molecule has 1 fully saturated rings. The van der Waals surface area contributed by atoms with Crippen molar-refractivity contribution in [2.24, 2.45) is 5.41 Å². The van der Waals surface area contributed by atoms with Crippen molar-refractivity contribution in [1.29, 1.82) is 0 Å². The fourth-order valence-corrected chi connectivity index (χ4v) is 2.47. The summed E-state index contributed by atoms with van der Waals surface area (Å²) in [4.78, 5) is 14.6. The van der Waals surface area contributed by atoms with Gasteiger partial charge in [-0.2, -0.15) is 0 Å². The van der Waals surface area contributed by atoms with E-state index in [9.17, 15) is 4.79 Å². The SMILES string of the molecule is CCC(C)N(C)CCNC(=O)C1(COC)CCNC1. The highest BCUT2D eigenvalue weighted by molar-refractivity contribution is 5.83. The van der Waals surface area contributed by atoms with Gasteiger partial charge in [-0.05, 0) is 33.4 Å². The Bertz CT molecular complexity index is 278. The number of nitrogens with zero attached hydrogens (tertiary/aromatic N) is 1. The van der Waals surface area contributed by atoms with Crippen LogP contribution >= 0.6 is 0 Å². The van der Waals surface area contributed by atoms with Crippen molar-refractivity contribution in [3.63, 3.8) is 0 Å². The van der Waals surface area contributed by atoms with Gasteiger partial charge in [0.2, 0.25) is 5.91 Å². The van der Waals surface area contributed by atoms with Crippen LogP contribution in [-0.4, -0.2) is 63.8 Å². The molecule has 1 rings (SSSR count). The Kier molecular flexibility index (Phi) is 6.75. The third-order valence-electron chi connectivity index (χ3n) is 4.24. The molecule has 2 unspecified atom stereocenters. The fourth-order valence-electron chi connectivity index (χ4n) is 2.47. The number of methoxy groups -OCH3 is 1. The number of ether oxygens (including phenoxy) is 1. The number of hydrogen-bond donors (Lipinski definition) is 2. The van der Waals surface area contributed by atoms with E-state index in [4.69, 9.17) is 4.74 Å². The molecule has 0 aromatic heterocycles. The molecule has 0 spiro atoms. The Morgan fingerprint density at radius 2 is 2.32 bits per heavy atom. The molecule has 5 heteroatoms. The average molecular weight is 271 g/mol. The van der Waals surface area contributed by atoms with Crippen molar-refractivity contribution < 1.29 is 9.53 Å². The van der Waals surface area contributed by atoms with Gasteiger partial charge in [0.25, 0.3) is 0 Å². The van der Waals surface area contributed by atoms with Crippen LogP contribution in [0.3, 0.4) is 0 Å². The Morgan fingerprint density at radius 3 is 2.84 bits per heavy atom. The molecule has 112 valence electrons. The van der Waals surface area contributed by atoms with Gasteiger partial charge in [-0.3, -0.25) is 4.79 Å². The minimum atomic E-state index is -0.371. The number of carbonyl (C=O) groups excluding carboxylic acids is 1. The molecule has 0 saturated carbocycles. The maximum atomic E-state index is 12.3. The van der Waals surface area contributed by atoms with E-state index in [1.807, 2.05) is 0 Å². The van der Waals surface area contributed by atoms with Gasteiger partial charge in [0, 0.05) is 32.8 Å². The van der Waals surface area contributed by atoms with Gasteiger partial charge in [0.15, 0.2) is 0 Å². The van der Waals surface area contributed by atoms with Crippen LogP contribution in [0.2, 0.25) is 0 Å². The lowest BCUT2D eigenvalue weighted by Gasteiger charge is -2.28. The van der Waals surface area contributed by atoms with E-state index in [2.05, 4.69) is 36.4 Å². The van der Waals surface area contributed by atoms with Crippen LogP contribution in [0.15, 0.2) is 0 Å². The lowest BCUT2D eigenvalue weighted by atomic mass is 9.87. The van der Waals surface area contributed by atoms with E-state index in [0.29, 0.717) is 25.7 Å². The molecule has 0 bridgehead atoms. The normalized spacial score (nSPS) is 24.7. The summed E-state index contributed by atoms with van der Waals surface area (Å²) < 4.78 is 5.22. The van der Waals surface area contributed by atoms with Crippen LogP contribution in [-0.2, 0) is 9.53 Å². The number of likely N-dealkylation sites (N-methyl/N-ethyl adjacent to an activating group) is 1. The number of rotatable bonds is 8. The third-order valence-corrected chi connectivity index (χ3v) is 4.24. The monoisotopic (exact) mass is 271 g/mol. The summed E-state index contributed by atoms with van der Waals surface area (Å²) in [6.45, 7) is 8.07. The Balaban J connectivity index is 2.37. The zero-order valence-electron chi connectivity index (χ0n) is 12.8. The van der Waals surface area contributed by atoms with E-state index in [0.717, 1.165) is 25.9 Å². The zero-order valence-corrected chi connectivity index (χ0v) is 12.8. The standard InChI is InChI=1S/C14H29N3O2/c1-5-12(2)17(3)9-8-16-13(18)14(11-19-4)6-7-15-10-14/h12,15H,5-11H2,1-4H3,(H,16,18). The fraction of sp³-hybridized carbons (Fsp3) is 0.929. The predicted octanol–water partition coefficient (Wildman–Crippen LogP) is 0.459. The molecule has 1 aliphatic heterocycles. The van der Waals surface area contributed by atoms with E-state index in [1.165, 1.54) is 0 Å². The van der Waals surface area contributed by atoms with Gasteiger partial charge in [0.05, 0.1) is 12.0 Å². The Hall–Kier alpha value is -0.650. The third kappa shape index (κ3) is 4.44. The highest BCUT2D eigenvalue weighted by Crippen LogP contribution is 2.25. The summed E-state index contributed by atoms with van der Waals surface area (Å²) in [5.74, 6) is 0.122. The smallest absolute Gasteiger partial charge is 0.229 e. The largest absolute Gasteiger partial charge is 0.384 e. The van der Waals surface area contributed by atoms with E-state index in [-0.39, 0.29) is 11.3 Å². The van der Waals surface area contributed by atoms with Gasteiger partial charge < -0.3 is 20.3 Å². The van der Waals surface area contributed by atoms with Crippen LogP contribution in [0.4, 0.5) is 0 Å². The quantitative estimate of drug-likeness (QED) is 0.673.